The van der Waals surface area contributed by atoms with Gasteiger partial charge in [-0.2, -0.15) is 13.2 Å². The summed E-state index contributed by atoms with van der Waals surface area (Å²) in [5.41, 5.74) is -1.33. The second kappa shape index (κ2) is 4.89. The maximum absolute atomic E-state index is 12.8. The molecule has 98 valence electrons. The average molecular weight is 324 g/mol. The molecule has 1 aliphatic heterocycles. The van der Waals surface area contributed by atoms with Gasteiger partial charge in [-0.15, -0.1) is 0 Å². The lowest BCUT2D eigenvalue weighted by molar-refractivity contribution is -0.138. The first-order valence-corrected chi connectivity index (χ1v) is 5.92. The van der Waals surface area contributed by atoms with Crippen LogP contribution in [0.1, 0.15) is 15.9 Å². The van der Waals surface area contributed by atoms with Crippen LogP contribution in [0.25, 0.3) is 0 Å². The van der Waals surface area contributed by atoms with Gasteiger partial charge in [0.25, 0.3) is 5.91 Å². The van der Waals surface area contributed by atoms with E-state index in [0.717, 1.165) is 12.1 Å². The number of hydrogen-bond acceptors (Lipinski definition) is 2. The number of amides is 1. The Balaban J connectivity index is 2.28. The molecule has 3 nitrogen and oxygen atoms in total. The predicted molar refractivity (Wildman–Crippen MR) is 61.2 cm³/mol. The molecule has 0 saturated carbocycles. The van der Waals surface area contributed by atoms with E-state index < -0.39 is 17.6 Å². The van der Waals surface area contributed by atoms with Crippen molar-refractivity contribution in [3.8, 4) is 0 Å². The van der Waals surface area contributed by atoms with Gasteiger partial charge in [0.1, 0.15) is 0 Å². The Morgan fingerprint density at radius 1 is 1.39 bits per heavy atom. The fourth-order valence-corrected chi connectivity index (χ4v) is 1.89. The van der Waals surface area contributed by atoms with Crippen molar-refractivity contribution < 1.29 is 22.7 Å². The first-order chi connectivity index (χ1) is 8.38. The first-order valence-electron chi connectivity index (χ1n) is 5.13. The second-order valence-corrected chi connectivity index (χ2v) is 4.81. The topological polar surface area (TPSA) is 38.3 Å². The van der Waals surface area contributed by atoms with Gasteiger partial charge in [0.2, 0.25) is 0 Å². The highest BCUT2D eigenvalue weighted by Gasteiger charge is 2.36. The van der Waals surface area contributed by atoms with E-state index in [1.807, 2.05) is 0 Å². The summed E-state index contributed by atoms with van der Waals surface area (Å²) >= 11 is 2.96. The van der Waals surface area contributed by atoms with E-state index in [1.54, 1.807) is 0 Å². The highest BCUT2D eigenvalue weighted by atomic mass is 79.9. The van der Waals surface area contributed by atoms with Gasteiger partial charge in [0.15, 0.2) is 0 Å². The van der Waals surface area contributed by atoms with Gasteiger partial charge < -0.3 is 10.1 Å². The molecule has 0 bridgehead atoms. The molecule has 1 aromatic rings. The van der Waals surface area contributed by atoms with Crippen molar-refractivity contribution in [2.75, 3.05) is 13.2 Å². The van der Waals surface area contributed by atoms with Gasteiger partial charge in [0, 0.05) is 4.47 Å². The van der Waals surface area contributed by atoms with E-state index in [9.17, 15) is 18.0 Å². The van der Waals surface area contributed by atoms with Crippen LogP contribution in [-0.4, -0.2) is 25.2 Å². The number of carbonyl (C=O) groups excluding carboxylic acids is 1. The fourth-order valence-electron chi connectivity index (χ4n) is 1.53. The quantitative estimate of drug-likeness (QED) is 0.908. The zero-order valence-corrected chi connectivity index (χ0v) is 10.6. The van der Waals surface area contributed by atoms with Gasteiger partial charge >= 0.3 is 6.18 Å². The molecule has 1 amide bonds. The van der Waals surface area contributed by atoms with E-state index in [1.165, 1.54) is 6.07 Å². The SMILES string of the molecule is O=C(NC1COC1)c1ccc(Br)cc1C(F)(F)F. The van der Waals surface area contributed by atoms with E-state index in [-0.39, 0.29) is 16.1 Å². The lowest BCUT2D eigenvalue weighted by atomic mass is 10.1. The molecule has 0 radical (unpaired) electrons. The maximum atomic E-state index is 12.8. The Bertz CT molecular complexity index is 472. The Morgan fingerprint density at radius 2 is 2.06 bits per heavy atom. The summed E-state index contributed by atoms with van der Waals surface area (Å²) in [4.78, 5) is 11.7. The number of benzene rings is 1. The second-order valence-electron chi connectivity index (χ2n) is 3.90. The summed E-state index contributed by atoms with van der Waals surface area (Å²) in [5.74, 6) is -0.733. The normalized spacial score (nSPS) is 16.2. The minimum absolute atomic E-state index is 0.206. The fraction of sp³-hybridized carbons (Fsp3) is 0.364. The lowest BCUT2D eigenvalue weighted by Gasteiger charge is -2.27. The standard InChI is InChI=1S/C11H9BrF3NO2/c12-6-1-2-8(9(3-6)11(13,14)15)10(17)16-7-4-18-5-7/h1-3,7H,4-5H2,(H,16,17). The van der Waals surface area contributed by atoms with Crippen molar-refractivity contribution in [1.29, 1.82) is 0 Å². The van der Waals surface area contributed by atoms with E-state index in [2.05, 4.69) is 21.2 Å². The monoisotopic (exact) mass is 323 g/mol. The molecule has 1 N–H and O–H groups in total. The number of carbonyl (C=O) groups is 1. The lowest BCUT2D eigenvalue weighted by Crippen LogP contribution is -2.48. The largest absolute Gasteiger partial charge is 0.417 e. The van der Waals surface area contributed by atoms with Crippen molar-refractivity contribution in [2.45, 2.75) is 12.2 Å². The average Bonchev–Trinajstić information content (AvgIpc) is 2.22. The highest BCUT2D eigenvalue weighted by Crippen LogP contribution is 2.33. The van der Waals surface area contributed by atoms with Crippen LogP contribution in [0.2, 0.25) is 0 Å². The van der Waals surface area contributed by atoms with Crippen molar-refractivity contribution in [3.05, 3.63) is 33.8 Å². The first kappa shape index (κ1) is 13.4. The van der Waals surface area contributed by atoms with Crippen molar-refractivity contribution in [3.63, 3.8) is 0 Å². The van der Waals surface area contributed by atoms with Crippen LogP contribution in [0, 0.1) is 0 Å². The van der Waals surface area contributed by atoms with Gasteiger partial charge in [-0.1, -0.05) is 15.9 Å². The Kier molecular flexibility index (Phi) is 3.63. The molecule has 0 spiro atoms. The number of nitrogens with one attached hydrogen (secondary N) is 1. The van der Waals surface area contributed by atoms with Crippen LogP contribution in [0.15, 0.2) is 22.7 Å². The molecule has 1 saturated heterocycles. The molecule has 0 aliphatic carbocycles. The van der Waals surface area contributed by atoms with Crippen LogP contribution >= 0.6 is 15.9 Å². The third-order valence-electron chi connectivity index (χ3n) is 2.50. The minimum atomic E-state index is -4.56. The van der Waals surface area contributed by atoms with Gasteiger partial charge in [-0.25, -0.2) is 0 Å². The molecule has 1 aromatic carbocycles. The molecule has 0 aromatic heterocycles. The van der Waals surface area contributed by atoms with Gasteiger partial charge in [-0.3, -0.25) is 4.79 Å². The van der Waals surface area contributed by atoms with Crippen LogP contribution in [-0.2, 0) is 10.9 Å². The van der Waals surface area contributed by atoms with Gasteiger partial charge in [-0.05, 0) is 18.2 Å². The molecule has 0 unspecified atom stereocenters. The summed E-state index contributed by atoms with van der Waals surface area (Å²) in [6.45, 7) is 0.674. The van der Waals surface area contributed by atoms with E-state index >= 15 is 0 Å². The summed E-state index contributed by atoms with van der Waals surface area (Å²) in [6, 6.07) is 3.25. The zero-order valence-electron chi connectivity index (χ0n) is 9.05. The van der Waals surface area contributed by atoms with Crippen LogP contribution in [0.5, 0.6) is 0 Å². The number of alkyl halides is 3. The zero-order chi connectivity index (χ0) is 13.3. The van der Waals surface area contributed by atoms with Crippen LogP contribution in [0.3, 0.4) is 0 Å². The highest BCUT2D eigenvalue weighted by molar-refractivity contribution is 9.10. The molecule has 1 heterocycles. The Labute approximate surface area is 109 Å². The maximum Gasteiger partial charge on any atom is 0.417 e. The molecule has 2 rings (SSSR count). The summed E-state index contributed by atoms with van der Waals surface area (Å²) in [5, 5.41) is 2.49. The van der Waals surface area contributed by atoms with E-state index in [0.29, 0.717) is 13.2 Å². The van der Waals surface area contributed by atoms with Crippen LogP contribution < -0.4 is 5.32 Å². The third-order valence-corrected chi connectivity index (χ3v) is 3.00. The third kappa shape index (κ3) is 2.84. The molecular weight excluding hydrogens is 315 g/mol. The molecule has 1 fully saturated rings. The number of halogens is 4. The van der Waals surface area contributed by atoms with Crippen molar-refractivity contribution in [1.82, 2.24) is 5.32 Å². The van der Waals surface area contributed by atoms with Crippen LogP contribution in [0.4, 0.5) is 13.2 Å². The minimum Gasteiger partial charge on any atom is -0.377 e. The van der Waals surface area contributed by atoms with E-state index in [4.69, 9.17) is 4.74 Å². The molecule has 18 heavy (non-hydrogen) atoms. The van der Waals surface area contributed by atoms with Gasteiger partial charge in [0.05, 0.1) is 30.4 Å². The Morgan fingerprint density at radius 3 is 2.56 bits per heavy atom. The summed E-state index contributed by atoms with van der Waals surface area (Å²) in [6.07, 6.45) is -4.56. The molecule has 7 heteroatoms. The summed E-state index contributed by atoms with van der Waals surface area (Å²) in [7, 11) is 0. The molecule has 0 atom stereocenters. The van der Waals surface area contributed by atoms with Crippen molar-refractivity contribution in [2.24, 2.45) is 0 Å². The predicted octanol–water partition coefficient (Wildman–Crippen LogP) is 2.60. The number of rotatable bonds is 2. The number of hydrogen-bond donors (Lipinski definition) is 1. The number of ether oxygens (including phenoxy) is 1. The smallest absolute Gasteiger partial charge is 0.377 e. The Hall–Kier alpha value is -1.08. The van der Waals surface area contributed by atoms with Crippen molar-refractivity contribution >= 4 is 21.8 Å². The molecular formula is C11H9BrF3NO2. The summed E-state index contributed by atoms with van der Waals surface area (Å²) < 4.78 is 43.5. The molecule has 1 aliphatic rings.